The highest BCUT2D eigenvalue weighted by atomic mass is 16.5. The third-order valence-electron chi connectivity index (χ3n) is 5.88. The van der Waals surface area contributed by atoms with Gasteiger partial charge in [-0.15, -0.1) is 0 Å². The molecule has 0 aliphatic carbocycles. The predicted molar refractivity (Wildman–Crippen MR) is 139 cm³/mol. The second-order valence-electron chi connectivity index (χ2n) is 9.05. The molecule has 0 aromatic heterocycles. The number of hydrogen-bond acceptors (Lipinski definition) is 3. The Morgan fingerprint density at radius 2 is 1.31 bits per heavy atom. The molecular weight excluding hydrogens is 396 g/mol. The summed E-state index contributed by atoms with van der Waals surface area (Å²) in [5, 5.41) is 6.21. The molecule has 0 radical (unpaired) electrons. The largest absolute Gasteiger partial charge is 0.494 e. The van der Waals surface area contributed by atoms with Gasteiger partial charge in [0.15, 0.2) is 0 Å². The molecule has 4 nitrogen and oxygen atoms in total. The average molecular weight is 447 g/mol. The zero-order valence-corrected chi connectivity index (χ0v) is 21.1. The van der Waals surface area contributed by atoms with Crippen LogP contribution in [0.2, 0.25) is 0 Å². The zero-order valence-electron chi connectivity index (χ0n) is 21.1. The number of benzene rings is 1. The van der Waals surface area contributed by atoms with Crippen LogP contribution in [-0.2, 0) is 4.79 Å². The van der Waals surface area contributed by atoms with Crippen LogP contribution in [0.25, 0.3) is 0 Å². The van der Waals surface area contributed by atoms with E-state index in [0.29, 0.717) is 13.2 Å². The van der Waals surface area contributed by atoms with Crippen molar-refractivity contribution >= 4 is 11.6 Å². The Hall–Kier alpha value is -1.55. The Labute approximate surface area is 198 Å². The lowest BCUT2D eigenvalue weighted by Gasteiger charge is -2.09. The average Bonchev–Trinajstić information content (AvgIpc) is 2.79. The smallest absolute Gasteiger partial charge is 0.238 e. The first-order chi connectivity index (χ1) is 15.8. The van der Waals surface area contributed by atoms with Gasteiger partial charge in [-0.2, -0.15) is 0 Å². The molecule has 0 fully saturated rings. The summed E-state index contributed by atoms with van der Waals surface area (Å²) in [5.41, 5.74) is 0.794. The maximum absolute atomic E-state index is 12.1. The summed E-state index contributed by atoms with van der Waals surface area (Å²) in [6.07, 6.45) is 21.3. The van der Waals surface area contributed by atoms with Crippen molar-refractivity contribution in [1.29, 1.82) is 0 Å². The fraction of sp³-hybridized carbons (Fsp3) is 0.750. The first-order valence-electron chi connectivity index (χ1n) is 13.5. The minimum absolute atomic E-state index is 0.000992. The number of amides is 1. The lowest BCUT2D eigenvalue weighted by atomic mass is 10.0. The lowest BCUT2D eigenvalue weighted by molar-refractivity contribution is -0.115. The maximum atomic E-state index is 12.1. The molecule has 32 heavy (non-hydrogen) atoms. The van der Waals surface area contributed by atoms with E-state index in [1.807, 2.05) is 24.3 Å². The topological polar surface area (TPSA) is 50.4 Å². The molecule has 1 aromatic rings. The van der Waals surface area contributed by atoms with Gasteiger partial charge in [0.2, 0.25) is 5.91 Å². The third kappa shape index (κ3) is 17.1. The van der Waals surface area contributed by atoms with Crippen molar-refractivity contribution in [3.63, 3.8) is 0 Å². The molecule has 0 bridgehead atoms. The first-order valence-corrected chi connectivity index (χ1v) is 13.5. The van der Waals surface area contributed by atoms with Gasteiger partial charge in [-0.25, -0.2) is 0 Å². The van der Waals surface area contributed by atoms with E-state index in [1.54, 1.807) is 0 Å². The molecule has 0 aliphatic rings. The third-order valence-corrected chi connectivity index (χ3v) is 5.88. The molecule has 0 saturated carbocycles. The van der Waals surface area contributed by atoms with Crippen molar-refractivity contribution in [1.82, 2.24) is 5.32 Å². The fourth-order valence-corrected chi connectivity index (χ4v) is 3.85. The van der Waals surface area contributed by atoms with Crippen LogP contribution in [0.5, 0.6) is 5.75 Å². The second kappa shape index (κ2) is 21.3. The summed E-state index contributed by atoms with van der Waals surface area (Å²) in [6, 6.07) is 7.64. The zero-order chi connectivity index (χ0) is 23.1. The Kier molecular flexibility index (Phi) is 19.0. The summed E-state index contributed by atoms with van der Waals surface area (Å²) in [5.74, 6) is 0.813. The van der Waals surface area contributed by atoms with Gasteiger partial charge in [0.25, 0.3) is 0 Å². The van der Waals surface area contributed by atoms with Gasteiger partial charge in [-0.1, -0.05) is 110 Å². The second-order valence-corrected chi connectivity index (χ2v) is 9.05. The van der Waals surface area contributed by atoms with Gasteiger partial charge in [-0.3, -0.25) is 4.79 Å². The Balaban J connectivity index is 1.90. The number of carbonyl (C=O) groups excluding carboxylic acids is 1. The van der Waals surface area contributed by atoms with Crippen molar-refractivity contribution in [3.8, 4) is 5.75 Å². The Morgan fingerprint density at radius 3 is 1.91 bits per heavy atom. The van der Waals surface area contributed by atoms with Gasteiger partial charge in [0.05, 0.1) is 13.2 Å². The quantitative estimate of drug-likeness (QED) is 0.178. The lowest BCUT2D eigenvalue weighted by Crippen LogP contribution is -2.28. The number of ether oxygens (including phenoxy) is 1. The maximum Gasteiger partial charge on any atom is 0.238 e. The van der Waals surface area contributed by atoms with Crippen LogP contribution in [0.15, 0.2) is 24.3 Å². The first kappa shape index (κ1) is 28.5. The highest BCUT2D eigenvalue weighted by Gasteiger charge is 2.03. The molecular formula is C28H50N2O2. The van der Waals surface area contributed by atoms with Crippen LogP contribution in [0.1, 0.15) is 117 Å². The fourth-order valence-electron chi connectivity index (χ4n) is 3.85. The molecule has 4 heteroatoms. The van der Waals surface area contributed by atoms with Gasteiger partial charge >= 0.3 is 0 Å². The van der Waals surface area contributed by atoms with E-state index >= 15 is 0 Å². The van der Waals surface area contributed by atoms with E-state index in [9.17, 15) is 4.79 Å². The normalized spacial score (nSPS) is 10.9. The van der Waals surface area contributed by atoms with E-state index in [-0.39, 0.29) is 5.91 Å². The molecule has 184 valence electrons. The van der Waals surface area contributed by atoms with Gasteiger partial charge in [-0.05, 0) is 31.5 Å². The van der Waals surface area contributed by atoms with Crippen molar-refractivity contribution in [2.45, 2.75) is 117 Å². The summed E-state index contributed by atoms with van der Waals surface area (Å²) >= 11 is 0. The molecule has 1 aromatic carbocycles. The van der Waals surface area contributed by atoms with Crippen LogP contribution in [0.3, 0.4) is 0 Å². The van der Waals surface area contributed by atoms with E-state index in [0.717, 1.165) is 37.2 Å². The molecule has 2 N–H and O–H groups in total. The highest BCUT2D eigenvalue weighted by Crippen LogP contribution is 2.17. The Morgan fingerprint density at radius 1 is 0.750 bits per heavy atom. The van der Waals surface area contributed by atoms with E-state index < -0.39 is 0 Å². The summed E-state index contributed by atoms with van der Waals surface area (Å²) < 4.78 is 5.70. The molecule has 1 rings (SSSR count). The van der Waals surface area contributed by atoms with Crippen molar-refractivity contribution in [2.24, 2.45) is 0 Å². The Bertz CT molecular complexity index is 562. The molecule has 0 atom stereocenters. The molecule has 0 unspecified atom stereocenters. The van der Waals surface area contributed by atoms with Crippen LogP contribution in [0, 0.1) is 0 Å². The van der Waals surface area contributed by atoms with E-state index in [4.69, 9.17) is 4.74 Å². The monoisotopic (exact) mass is 446 g/mol. The van der Waals surface area contributed by atoms with Crippen LogP contribution in [-0.4, -0.2) is 25.6 Å². The van der Waals surface area contributed by atoms with E-state index in [1.165, 1.54) is 83.5 Å². The summed E-state index contributed by atoms with van der Waals surface area (Å²) in [6.45, 7) is 6.41. The van der Waals surface area contributed by atoms with Crippen LogP contribution < -0.4 is 15.4 Å². The van der Waals surface area contributed by atoms with Crippen molar-refractivity contribution < 1.29 is 9.53 Å². The highest BCUT2D eigenvalue weighted by molar-refractivity contribution is 5.92. The SMILES string of the molecule is CCCCCCCCCCCCCCCCNCC(=O)Nc1cccc(OCCCC)c1. The number of rotatable bonds is 22. The molecule has 1 amide bonds. The number of anilines is 1. The predicted octanol–water partition coefficient (Wildman–Crippen LogP) is 7.87. The molecule has 0 saturated heterocycles. The van der Waals surface area contributed by atoms with Crippen molar-refractivity contribution in [3.05, 3.63) is 24.3 Å². The van der Waals surface area contributed by atoms with Crippen LogP contribution in [0.4, 0.5) is 5.69 Å². The number of nitrogens with one attached hydrogen (secondary N) is 2. The van der Waals surface area contributed by atoms with Gasteiger partial charge < -0.3 is 15.4 Å². The molecule has 0 spiro atoms. The minimum Gasteiger partial charge on any atom is -0.494 e. The van der Waals surface area contributed by atoms with Crippen molar-refractivity contribution in [2.75, 3.05) is 25.0 Å². The van der Waals surface area contributed by atoms with Gasteiger partial charge in [0, 0.05) is 11.8 Å². The summed E-state index contributed by atoms with van der Waals surface area (Å²) in [7, 11) is 0. The van der Waals surface area contributed by atoms with Crippen LogP contribution >= 0.6 is 0 Å². The number of hydrogen-bond donors (Lipinski definition) is 2. The molecule has 0 aliphatic heterocycles. The number of unbranched alkanes of at least 4 members (excludes halogenated alkanes) is 14. The summed E-state index contributed by atoms with van der Waals surface area (Å²) in [4.78, 5) is 12.1. The standard InChI is InChI=1S/C28H50N2O2/c1-3-5-7-8-9-10-11-12-13-14-15-16-17-18-22-29-25-28(31)30-26-20-19-21-27(24-26)32-23-6-4-2/h19-21,24,29H,3-18,22-23,25H2,1-2H3,(H,30,31). The van der Waals surface area contributed by atoms with Gasteiger partial charge in [0.1, 0.15) is 5.75 Å². The minimum atomic E-state index is 0.000992. The number of carbonyl (C=O) groups is 1. The molecule has 0 heterocycles. The van der Waals surface area contributed by atoms with E-state index in [2.05, 4.69) is 24.5 Å².